The minimum absolute atomic E-state index is 0.373. The van der Waals surface area contributed by atoms with Gasteiger partial charge in [-0.1, -0.05) is 15.9 Å². The Labute approximate surface area is 63.4 Å². The molecule has 1 heterocycles. The molecule has 2 nitrogen and oxygen atoms in total. The summed E-state index contributed by atoms with van der Waals surface area (Å²) < 4.78 is 5.22. The summed E-state index contributed by atoms with van der Waals surface area (Å²) in [6.07, 6.45) is 1.08. The van der Waals surface area contributed by atoms with Gasteiger partial charge in [0.05, 0.1) is 11.4 Å². The van der Waals surface area contributed by atoms with Crippen LogP contribution in [-0.4, -0.2) is 23.9 Å². The molecule has 0 fully saturated rings. The van der Waals surface area contributed by atoms with E-state index in [2.05, 4.69) is 20.9 Å². The number of hydrogen-bond acceptors (Lipinski definition) is 2. The van der Waals surface area contributed by atoms with E-state index in [-0.39, 0.29) is 0 Å². The second-order valence-electron chi connectivity index (χ2n) is 1.91. The summed E-state index contributed by atoms with van der Waals surface area (Å²) >= 11 is 3.45. The first-order valence-corrected chi connectivity index (χ1v) is 4.07. The molecule has 0 bridgehead atoms. The van der Waals surface area contributed by atoms with Gasteiger partial charge in [-0.15, -0.1) is 0 Å². The van der Waals surface area contributed by atoms with Gasteiger partial charge >= 0.3 is 0 Å². The lowest BCUT2D eigenvalue weighted by molar-refractivity contribution is 0.322. The highest BCUT2D eigenvalue weighted by molar-refractivity contribution is 9.10. The normalized spacial score (nSPS) is 26.0. The molecule has 0 aliphatic carbocycles. The summed E-state index contributed by atoms with van der Waals surface area (Å²) in [5.74, 6) is 0.873. The topological polar surface area (TPSA) is 21.6 Å². The average Bonchev–Trinajstić information content (AvgIpc) is 2.18. The molecular formula is C6H10BrNO. The number of aliphatic imine (C=N–C) groups is 1. The molecule has 0 saturated heterocycles. The predicted molar refractivity (Wildman–Crippen MR) is 41.3 cm³/mol. The number of alkyl halides is 1. The van der Waals surface area contributed by atoms with Crippen molar-refractivity contribution in [1.29, 1.82) is 0 Å². The Hall–Kier alpha value is -0.0500. The fourth-order valence-electron chi connectivity index (χ4n) is 0.795. The van der Waals surface area contributed by atoms with Crippen molar-refractivity contribution < 1.29 is 4.74 Å². The molecule has 0 unspecified atom stereocenters. The third-order valence-corrected chi connectivity index (χ3v) is 2.06. The van der Waals surface area contributed by atoms with Crippen LogP contribution in [0.5, 0.6) is 0 Å². The van der Waals surface area contributed by atoms with Gasteiger partial charge in [-0.2, -0.15) is 0 Å². The maximum atomic E-state index is 5.22. The van der Waals surface area contributed by atoms with E-state index in [9.17, 15) is 0 Å². The SMILES string of the molecule is CCOC1=NCC[C@H]1Br. The van der Waals surface area contributed by atoms with Crippen molar-refractivity contribution in [3.63, 3.8) is 0 Å². The first kappa shape index (κ1) is 7.06. The smallest absolute Gasteiger partial charge is 0.197 e. The van der Waals surface area contributed by atoms with Crippen LogP contribution in [0, 0.1) is 0 Å². The second-order valence-corrected chi connectivity index (χ2v) is 3.01. The van der Waals surface area contributed by atoms with Crippen LogP contribution in [0.4, 0.5) is 0 Å². The van der Waals surface area contributed by atoms with Gasteiger partial charge in [-0.25, -0.2) is 0 Å². The fourth-order valence-corrected chi connectivity index (χ4v) is 1.28. The van der Waals surface area contributed by atoms with Gasteiger partial charge in [0.2, 0.25) is 0 Å². The standard InChI is InChI=1S/C6H10BrNO/c1-2-9-6-5(7)3-4-8-6/h5H,2-4H2,1H3/t5-/m1/s1. The lowest BCUT2D eigenvalue weighted by Crippen LogP contribution is -2.12. The van der Waals surface area contributed by atoms with Gasteiger partial charge in [0.1, 0.15) is 0 Å². The second kappa shape index (κ2) is 3.20. The molecule has 0 N–H and O–H groups in total. The molecule has 0 radical (unpaired) electrons. The van der Waals surface area contributed by atoms with Crippen molar-refractivity contribution >= 4 is 21.8 Å². The Balaban J connectivity index is 2.38. The first-order chi connectivity index (χ1) is 4.34. The third kappa shape index (κ3) is 1.68. The molecule has 0 saturated carbocycles. The van der Waals surface area contributed by atoms with Crippen molar-refractivity contribution in [2.75, 3.05) is 13.2 Å². The highest BCUT2D eigenvalue weighted by atomic mass is 79.9. The molecule has 1 aliphatic rings. The number of hydrogen-bond donors (Lipinski definition) is 0. The zero-order valence-corrected chi connectivity index (χ0v) is 7.02. The van der Waals surface area contributed by atoms with Gasteiger partial charge in [0.25, 0.3) is 0 Å². The van der Waals surface area contributed by atoms with Gasteiger partial charge in [0.15, 0.2) is 5.90 Å². The molecule has 1 atom stereocenters. The van der Waals surface area contributed by atoms with Crippen LogP contribution in [0.2, 0.25) is 0 Å². The fraction of sp³-hybridized carbons (Fsp3) is 0.833. The Bertz CT molecular complexity index is 124. The summed E-state index contributed by atoms with van der Waals surface area (Å²) in [6.45, 7) is 3.60. The largest absolute Gasteiger partial charge is 0.480 e. The van der Waals surface area contributed by atoms with Crippen LogP contribution in [-0.2, 0) is 4.74 Å². The van der Waals surface area contributed by atoms with Crippen molar-refractivity contribution in [2.45, 2.75) is 18.2 Å². The molecular weight excluding hydrogens is 182 g/mol. The predicted octanol–water partition coefficient (Wildman–Crippen LogP) is 1.59. The van der Waals surface area contributed by atoms with Crippen molar-refractivity contribution in [2.24, 2.45) is 4.99 Å². The van der Waals surface area contributed by atoms with E-state index in [1.807, 2.05) is 6.92 Å². The first-order valence-electron chi connectivity index (χ1n) is 3.15. The van der Waals surface area contributed by atoms with Gasteiger partial charge < -0.3 is 4.74 Å². The Kier molecular flexibility index (Phi) is 2.51. The Morgan fingerprint density at radius 1 is 1.89 bits per heavy atom. The number of nitrogens with zero attached hydrogens (tertiary/aromatic N) is 1. The van der Waals surface area contributed by atoms with Crippen molar-refractivity contribution in [1.82, 2.24) is 0 Å². The molecule has 1 aliphatic heterocycles. The zero-order valence-electron chi connectivity index (χ0n) is 5.43. The number of ether oxygens (including phenoxy) is 1. The van der Waals surface area contributed by atoms with E-state index in [4.69, 9.17) is 4.74 Å². The van der Waals surface area contributed by atoms with E-state index >= 15 is 0 Å². The molecule has 9 heavy (non-hydrogen) atoms. The van der Waals surface area contributed by atoms with Gasteiger partial charge in [-0.3, -0.25) is 4.99 Å². The van der Waals surface area contributed by atoms with Crippen LogP contribution in [0.15, 0.2) is 4.99 Å². The van der Waals surface area contributed by atoms with Crippen LogP contribution in [0.25, 0.3) is 0 Å². The summed E-state index contributed by atoms with van der Waals surface area (Å²) in [6, 6.07) is 0. The molecule has 3 heteroatoms. The van der Waals surface area contributed by atoms with Crippen molar-refractivity contribution in [3.8, 4) is 0 Å². The highest BCUT2D eigenvalue weighted by Crippen LogP contribution is 2.14. The van der Waals surface area contributed by atoms with E-state index < -0.39 is 0 Å². The highest BCUT2D eigenvalue weighted by Gasteiger charge is 2.18. The lowest BCUT2D eigenvalue weighted by Gasteiger charge is -2.04. The third-order valence-electron chi connectivity index (χ3n) is 1.21. The summed E-state index contributed by atoms with van der Waals surface area (Å²) in [7, 11) is 0. The summed E-state index contributed by atoms with van der Waals surface area (Å²) in [5.41, 5.74) is 0. The van der Waals surface area contributed by atoms with E-state index in [1.54, 1.807) is 0 Å². The molecule has 0 aromatic rings. The van der Waals surface area contributed by atoms with Crippen LogP contribution in [0.1, 0.15) is 13.3 Å². The van der Waals surface area contributed by atoms with E-state index in [0.717, 1.165) is 25.5 Å². The number of halogens is 1. The van der Waals surface area contributed by atoms with Gasteiger partial charge in [-0.05, 0) is 13.3 Å². The molecule has 0 spiro atoms. The molecule has 0 aromatic carbocycles. The minimum Gasteiger partial charge on any atom is -0.480 e. The average molecular weight is 192 g/mol. The molecule has 1 rings (SSSR count). The van der Waals surface area contributed by atoms with Crippen LogP contribution in [0.3, 0.4) is 0 Å². The van der Waals surface area contributed by atoms with E-state index in [1.165, 1.54) is 0 Å². The van der Waals surface area contributed by atoms with Crippen molar-refractivity contribution in [3.05, 3.63) is 0 Å². The minimum atomic E-state index is 0.373. The molecule has 52 valence electrons. The monoisotopic (exact) mass is 191 g/mol. The maximum absolute atomic E-state index is 5.22. The quantitative estimate of drug-likeness (QED) is 0.578. The Morgan fingerprint density at radius 3 is 3.11 bits per heavy atom. The van der Waals surface area contributed by atoms with Crippen LogP contribution >= 0.6 is 15.9 Å². The lowest BCUT2D eigenvalue weighted by atomic mass is 10.4. The summed E-state index contributed by atoms with van der Waals surface area (Å²) in [4.78, 5) is 4.53. The van der Waals surface area contributed by atoms with Crippen LogP contribution < -0.4 is 0 Å². The number of rotatable bonds is 1. The zero-order chi connectivity index (χ0) is 6.69. The molecule has 0 aromatic heterocycles. The maximum Gasteiger partial charge on any atom is 0.197 e. The summed E-state index contributed by atoms with van der Waals surface area (Å²) in [5, 5.41) is 0. The van der Waals surface area contributed by atoms with Gasteiger partial charge in [0, 0.05) is 6.54 Å². The van der Waals surface area contributed by atoms with E-state index in [0.29, 0.717) is 4.83 Å². The Morgan fingerprint density at radius 2 is 2.67 bits per heavy atom. The molecule has 0 amide bonds.